The van der Waals surface area contributed by atoms with Crippen molar-refractivity contribution in [3.63, 3.8) is 0 Å². The van der Waals surface area contributed by atoms with E-state index in [9.17, 15) is 5.11 Å². The lowest BCUT2D eigenvalue weighted by Crippen LogP contribution is -2.53. The number of methoxy groups -OCH3 is 1. The summed E-state index contributed by atoms with van der Waals surface area (Å²) in [5, 5.41) is 11.4. The van der Waals surface area contributed by atoms with E-state index in [2.05, 4.69) is 27.4 Å². The normalized spacial score (nSPS) is 30.2. The van der Waals surface area contributed by atoms with E-state index in [0.29, 0.717) is 16.8 Å². The first-order chi connectivity index (χ1) is 9.74. The lowest BCUT2D eigenvalue weighted by atomic mass is 9.79. The van der Waals surface area contributed by atoms with Gasteiger partial charge in [0.25, 0.3) is 0 Å². The molecule has 0 bridgehead atoms. The van der Waals surface area contributed by atoms with E-state index >= 15 is 0 Å². The molecule has 1 heterocycles. The molecular formula is C17H29NO2S+2. The van der Waals surface area contributed by atoms with Crippen LogP contribution in [-0.4, -0.2) is 62.1 Å². The Morgan fingerprint density at radius 2 is 2.10 bits per heavy atom. The molecule has 1 aliphatic rings. The summed E-state index contributed by atoms with van der Waals surface area (Å²) in [5.74, 6) is 3.35. The van der Waals surface area contributed by atoms with Crippen molar-refractivity contribution in [2.75, 3.05) is 52.6 Å². The summed E-state index contributed by atoms with van der Waals surface area (Å²) < 4.78 is 6.22. The minimum absolute atomic E-state index is 0.298. The molecular weight excluding hydrogens is 282 g/mol. The van der Waals surface area contributed by atoms with Crippen molar-refractivity contribution >= 4 is 10.9 Å². The van der Waals surface area contributed by atoms with Crippen molar-refractivity contribution < 1.29 is 14.3 Å². The number of hydrogen-bond acceptors (Lipinski definition) is 2. The van der Waals surface area contributed by atoms with E-state index in [4.69, 9.17) is 4.74 Å². The van der Waals surface area contributed by atoms with E-state index in [1.165, 1.54) is 0 Å². The lowest BCUT2D eigenvalue weighted by molar-refractivity contribution is -0.874. The van der Waals surface area contributed by atoms with Gasteiger partial charge in [0.05, 0.1) is 47.0 Å². The van der Waals surface area contributed by atoms with Crippen molar-refractivity contribution in [1.82, 2.24) is 0 Å². The Hall–Kier alpha value is -0.710. The fourth-order valence-electron chi connectivity index (χ4n) is 3.24. The van der Waals surface area contributed by atoms with Gasteiger partial charge in [0.15, 0.2) is 0 Å². The molecule has 3 nitrogen and oxygen atoms in total. The van der Waals surface area contributed by atoms with E-state index in [-0.39, 0.29) is 0 Å². The molecule has 1 saturated heterocycles. The van der Waals surface area contributed by atoms with Crippen molar-refractivity contribution in [3.8, 4) is 5.75 Å². The fourth-order valence-corrected chi connectivity index (χ4v) is 5.13. The van der Waals surface area contributed by atoms with E-state index in [1.807, 2.05) is 24.3 Å². The maximum absolute atomic E-state index is 11.4. The van der Waals surface area contributed by atoms with E-state index in [1.54, 1.807) is 7.11 Å². The van der Waals surface area contributed by atoms with Gasteiger partial charge in [-0.1, -0.05) is 12.1 Å². The van der Waals surface area contributed by atoms with Gasteiger partial charge in [0.2, 0.25) is 0 Å². The van der Waals surface area contributed by atoms with Crippen LogP contribution >= 0.6 is 0 Å². The molecule has 118 valence electrons. The molecule has 1 aromatic rings. The molecule has 0 aromatic heterocycles. The molecule has 1 aliphatic heterocycles. The zero-order valence-electron chi connectivity index (χ0n) is 13.9. The summed E-state index contributed by atoms with van der Waals surface area (Å²) in [4.78, 5) is 0. The monoisotopic (exact) mass is 311 g/mol. The largest absolute Gasteiger partial charge is 0.497 e. The van der Waals surface area contributed by atoms with Crippen LogP contribution in [0.1, 0.15) is 12.0 Å². The van der Waals surface area contributed by atoms with Crippen LogP contribution in [0.3, 0.4) is 0 Å². The average Bonchev–Trinajstić information content (AvgIpc) is 2.41. The third-order valence-electron chi connectivity index (χ3n) is 4.33. The molecule has 0 amide bonds. The molecule has 1 unspecified atom stereocenters. The van der Waals surface area contributed by atoms with Crippen molar-refractivity contribution in [1.29, 1.82) is 0 Å². The maximum atomic E-state index is 11.4. The van der Waals surface area contributed by atoms with Crippen LogP contribution in [0.15, 0.2) is 24.3 Å². The van der Waals surface area contributed by atoms with Gasteiger partial charge in [-0.3, -0.25) is 0 Å². The first-order valence-electron chi connectivity index (χ1n) is 7.51. The summed E-state index contributed by atoms with van der Waals surface area (Å²) in [6, 6.07) is 7.97. The molecule has 0 aliphatic carbocycles. The molecule has 21 heavy (non-hydrogen) atoms. The maximum Gasteiger partial charge on any atom is 0.119 e. The molecule has 4 heteroatoms. The minimum Gasteiger partial charge on any atom is -0.497 e. The van der Waals surface area contributed by atoms with Gasteiger partial charge < -0.3 is 14.3 Å². The topological polar surface area (TPSA) is 29.5 Å². The summed E-state index contributed by atoms with van der Waals surface area (Å²) in [6.07, 6.45) is 3.18. The second-order valence-electron chi connectivity index (χ2n) is 7.23. The van der Waals surface area contributed by atoms with Crippen LogP contribution in [0, 0.1) is 5.92 Å². The van der Waals surface area contributed by atoms with Gasteiger partial charge >= 0.3 is 0 Å². The first-order valence-corrected chi connectivity index (χ1v) is 9.48. The standard InChI is InChI=1S/C17H29NO2S/c1-18(2,3)12-15-13-21(5)10-9-17(15,19)14-7-6-8-16(11-14)20-4/h6-8,11,15,19H,9-10,12-13H2,1-5H3/q+2/t15-,17-,21?/m1/s1. The summed E-state index contributed by atoms with van der Waals surface area (Å²) in [5.41, 5.74) is 0.288. The van der Waals surface area contributed by atoms with Crippen molar-refractivity contribution in [2.24, 2.45) is 5.92 Å². The van der Waals surface area contributed by atoms with Crippen LogP contribution in [0.25, 0.3) is 0 Å². The molecule has 1 N–H and O–H groups in total. The molecule has 0 saturated carbocycles. The molecule has 3 atom stereocenters. The number of benzene rings is 1. The Morgan fingerprint density at radius 3 is 2.71 bits per heavy atom. The second kappa shape index (κ2) is 6.19. The number of rotatable bonds is 4. The minimum atomic E-state index is -0.723. The third-order valence-corrected chi connectivity index (χ3v) is 6.20. The SMILES string of the molecule is COc1cccc([C@]2(O)CC[S+](C)C[C@H]2C[N+](C)(C)C)c1. The highest BCUT2D eigenvalue weighted by atomic mass is 32.2. The number of aliphatic hydroxyl groups is 1. The van der Waals surface area contributed by atoms with Crippen LogP contribution in [0.2, 0.25) is 0 Å². The summed E-state index contributed by atoms with van der Waals surface area (Å²) in [7, 11) is 8.70. The number of hydrogen-bond donors (Lipinski definition) is 1. The van der Waals surface area contributed by atoms with Crippen LogP contribution < -0.4 is 4.74 Å². The van der Waals surface area contributed by atoms with Crippen molar-refractivity contribution in [3.05, 3.63) is 29.8 Å². The van der Waals surface area contributed by atoms with Gasteiger partial charge in [-0.2, -0.15) is 0 Å². The smallest absolute Gasteiger partial charge is 0.119 e. The Kier molecular flexibility index (Phi) is 4.91. The highest BCUT2D eigenvalue weighted by Gasteiger charge is 2.48. The number of quaternary nitrogens is 1. The van der Waals surface area contributed by atoms with Gasteiger partial charge in [-0.05, 0) is 28.6 Å². The zero-order chi connectivity index (χ0) is 15.7. The Bertz CT molecular complexity index is 486. The predicted molar refractivity (Wildman–Crippen MR) is 90.9 cm³/mol. The highest BCUT2D eigenvalue weighted by molar-refractivity contribution is 7.96. The van der Waals surface area contributed by atoms with Gasteiger partial charge in [0.1, 0.15) is 22.9 Å². The Morgan fingerprint density at radius 1 is 1.38 bits per heavy atom. The second-order valence-corrected chi connectivity index (χ2v) is 9.53. The molecule has 0 spiro atoms. The Labute approximate surface area is 131 Å². The van der Waals surface area contributed by atoms with Crippen LogP contribution in [0.5, 0.6) is 5.75 Å². The quantitative estimate of drug-likeness (QED) is 0.679. The summed E-state index contributed by atoms with van der Waals surface area (Å²) >= 11 is 0. The Balaban J connectivity index is 2.34. The number of ether oxygens (including phenoxy) is 1. The average molecular weight is 311 g/mol. The molecule has 2 rings (SSSR count). The van der Waals surface area contributed by atoms with E-state index in [0.717, 1.165) is 40.3 Å². The fraction of sp³-hybridized carbons (Fsp3) is 0.647. The van der Waals surface area contributed by atoms with Gasteiger partial charge in [-0.15, -0.1) is 0 Å². The van der Waals surface area contributed by atoms with Crippen LogP contribution in [-0.2, 0) is 16.5 Å². The van der Waals surface area contributed by atoms with Crippen LogP contribution in [0.4, 0.5) is 0 Å². The van der Waals surface area contributed by atoms with E-state index < -0.39 is 5.60 Å². The van der Waals surface area contributed by atoms with Crippen molar-refractivity contribution in [2.45, 2.75) is 12.0 Å². The molecule has 1 fully saturated rings. The lowest BCUT2D eigenvalue weighted by Gasteiger charge is -2.41. The highest BCUT2D eigenvalue weighted by Crippen LogP contribution is 2.40. The van der Waals surface area contributed by atoms with Gasteiger partial charge in [0, 0.05) is 6.42 Å². The first kappa shape index (κ1) is 16.7. The summed E-state index contributed by atoms with van der Waals surface area (Å²) in [6.45, 7) is 0.991. The predicted octanol–water partition coefficient (Wildman–Crippen LogP) is 1.86. The third kappa shape index (κ3) is 3.93. The zero-order valence-corrected chi connectivity index (χ0v) is 14.7. The van der Waals surface area contributed by atoms with Gasteiger partial charge in [-0.25, -0.2) is 0 Å². The molecule has 0 radical (unpaired) electrons. The molecule has 1 aromatic carbocycles. The number of nitrogens with zero attached hydrogens (tertiary/aromatic N) is 1.